The lowest BCUT2D eigenvalue weighted by Crippen LogP contribution is -2.52. The second-order valence-electron chi connectivity index (χ2n) is 7.79. The Hall–Kier alpha value is -3.09. The first-order valence-corrected chi connectivity index (χ1v) is 11.8. The van der Waals surface area contributed by atoms with E-state index in [0.717, 1.165) is 44.6 Å². The molecular formula is C25H23ClN4OS. The smallest absolute Gasteiger partial charge is 0.318 e. The normalized spacial score (nSPS) is 14.2. The third-order valence-electron chi connectivity index (χ3n) is 5.71. The molecule has 1 saturated heterocycles. The number of rotatable bonds is 4. The van der Waals surface area contributed by atoms with Gasteiger partial charge in [-0.15, -0.1) is 0 Å². The van der Waals surface area contributed by atoms with E-state index in [1.54, 1.807) is 11.3 Å². The molecule has 3 aromatic carbocycles. The van der Waals surface area contributed by atoms with E-state index in [-0.39, 0.29) is 12.1 Å². The number of aromatic nitrogens is 1. The van der Waals surface area contributed by atoms with Crippen LogP contribution in [-0.4, -0.2) is 42.1 Å². The monoisotopic (exact) mass is 462 g/mol. The van der Waals surface area contributed by atoms with E-state index in [4.69, 9.17) is 16.6 Å². The molecule has 2 amide bonds. The molecule has 0 aliphatic carbocycles. The fourth-order valence-electron chi connectivity index (χ4n) is 3.99. The van der Waals surface area contributed by atoms with Gasteiger partial charge >= 0.3 is 6.03 Å². The van der Waals surface area contributed by atoms with Crippen LogP contribution in [0.15, 0.2) is 78.9 Å². The van der Waals surface area contributed by atoms with E-state index in [1.165, 1.54) is 0 Å². The van der Waals surface area contributed by atoms with Crippen molar-refractivity contribution in [3.05, 3.63) is 95.0 Å². The summed E-state index contributed by atoms with van der Waals surface area (Å²) in [7, 11) is 0. The maximum absolute atomic E-state index is 13.1. The summed E-state index contributed by atoms with van der Waals surface area (Å²) < 4.78 is 1.08. The molecule has 0 radical (unpaired) electrons. The third kappa shape index (κ3) is 4.42. The second-order valence-corrected chi connectivity index (χ2v) is 9.23. The predicted octanol–water partition coefficient (Wildman–Crippen LogP) is 5.57. The summed E-state index contributed by atoms with van der Waals surface area (Å²) in [6.45, 7) is 2.81. The Labute approximate surface area is 196 Å². The number of benzene rings is 3. The second kappa shape index (κ2) is 9.18. The Kier molecular flexibility index (Phi) is 5.97. The Morgan fingerprint density at radius 2 is 1.53 bits per heavy atom. The lowest BCUT2D eigenvalue weighted by atomic mass is 9.99. The number of urea groups is 1. The molecule has 0 saturated carbocycles. The van der Waals surface area contributed by atoms with Crippen LogP contribution in [0.4, 0.5) is 9.93 Å². The number of hydrogen-bond acceptors (Lipinski definition) is 4. The van der Waals surface area contributed by atoms with Crippen molar-refractivity contribution in [2.45, 2.75) is 6.04 Å². The maximum Gasteiger partial charge on any atom is 0.318 e. The van der Waals surface area contributed by atoms with Crippen LogP contribution >= 0.6 is 22.9 Å². The van der Waals surface area contributed by atoms with Crippen LogP contribution in [0.3, 0.4) is 0 Å². The number of nitrogens with one attached hydrogen (secondary N) is 1. The van der Waals surface area contributed by atoms with Gasteiger partial charge in [0.2, 0.25) is 0 Å². The molecule has 2 heterocycles. The van der Waals surface area contributed by atoms with Crippen LogP contribution < -0.4 is 10.2 Å². The number of halogens is 1. The molecule has 0 atom stereocenters. The van der Waals surface area contributed by atoms with Gasteiger partial charge in [0.15, 0.2) is 5.13 Å². The molecule has 1 aliphatic rings. The van der Waals surface area contributed by atoms with Crippen LogP contribution in [0.25, 0.3) is 10.2 Å². The van der Waals surface area contributed by atoms with Crippen molar-refractivity contribution in [2.75, 3.05) is 31.1 Å². The molecule has 5 rings (SSSR count). The fraction of sp³-hybridized carbons (Fsp3) is 0.200. The molecular weight excluding hydrogens is 440 g/mol. The van der Waals surface area contributed by atoms with E-state index in [2.05, 4.69) is 34.5 Å². The minimum Gasteiger partial charge on any atom is -0.345 e. The van der Waals surface area contributed by atoms with Gasteiger partial charge in [0.25, 0.3) is 0 Å². The Morgan fingerprint density at radius 3 is 2.16 bits per heavy atom. The van der Waals surface area contributed by atoms with Gasteiger partial charge in [-0.05, 0) is 29.3 Å². The van der Waals surface area contributed by atoms with Gasteiger partial charge in [0.05, 0.1) is 16.3 Å². The first kappa shape index (κ1) is 20.8. The van der Waals surface area contributed by atoms with Crippen LogP contribution in [0.1, 0.15) is 17.2 Å². The number of fused-ring (bicyclic) bond motifs is 1. The first-order valence-electron chi connectivity index (χ1n) is 10.6. The summed E-state index contributed by atoms with van der Waals surface area (Å²) in [6.07, 6.45) is 0. The molecule has 1 aromatic heterocycles. The zero-order valence-electron chi connectivity index (χ0n) is 17.4. The van der Waals surface area contributed by atoms with E-state index in [1.807, 2.05) is 59.5 Å². The van der Waals surface area contributed by atoms with Gasteiger partial charge in [-0.1, -0.05) is 83.6 Å². The number of thiazole rings is 1. The summed E-state index contributed by atoms with van der Waals surface area (Å²) in [4.78, 5) is 22.0. The summed E-state index contributed by atoms with van der Waals surface area (Å²) >= 11 is 7.76. The molecule has 1 fully saturated rings. The molecule has 4 aromatic rings. The van der Waals surface area contributed by atoms with Gasteiger partial charge in [-0.2, -0.15) is 0 Å². The quantitative estimate of drug-likeness (QED) is 0.431. The Bertz CT molecular complexity index is 1170. The molecule has 162 valence electrons. The Morgan fingerprint density at radius 1 is 0.906 bits per heavy atom. The highest BCUT2D eigenvalue weighted by Crippen LogP contribution is 2.31. The third-order valence-corrected chi connectivity index (χ3v) is 7.02. The zero-order chi connectivity index (χ0) is 21.9. The first-order chi connectivity index (χ1) is 15.7. The molecule has 1 aliphatic heterocycles. The van der Waals surface area contributed by atoms with Crippen molar-refractivity contribution < 1.29 is 4.79 Å². The summed E-state index contributed by atoms with van der Waals surface area (Å²) in [5.41, 5.74) is 3.10. The fourth-order valence-corrected chi connectivity index (χ4v) is 5.28. The summed E-state index contributed by atoms with van der Waals surface area (Å²) in [5, 5.41) is 4.95. The minimum absolute atomic E-state index is 0.0431. The molecule has 32 heavy (non-hydrogen) atoms. The van der Waals surface area contributed by atoms with Crippen LogP contribution in [0.2, 0.25) is 5.02 Å². The largest absolute Gasteiger partial charge is 0.345 e. The number of piperazine rings is 1. The van der Waals surface area contributed by atoms with Gasteiger partial charge in [0, 0.05) is 31.2 Å². The Balaban J connectivity index is 1.27. The van der Waals surface area contributed by atoms with Gasteiger partial charge in [0.1, 0.15) is 0 Å². The number of nitrogens with zero attached hydrogens (tertiary/aromatic N) is 3. The molecule has 0 bridgehead atoms. The number of carbonyl (C=O) groups excluding carboxylic acids is 1. The SMILES string of the molecule is O=C(NC(c1ccccc1)c1ccccc1)N1CCN(c2nc3ccc(Cl)cc3s2)CC1. The van der Waals surface area contributed by atoms with E-state index in [9.17, 15) is 4.79 Å². The number of carbonyl (C=O) groups is 1. The maximum atomic E-state index is 13.1. The van der Waals surface area contributed by atoms with E-state index >= 15 is 0 Å². The average Bonchev–Trinajstić information content (AvgIpc) is 3.27. The van der Waals surface area contributed by atoms with Crippen molar-refractivity contribution in [2.24, 2.45) is 0 Å². The highest BCUT2D eigenvalue weighted by Gasteiger charge is 2.25. The standard InChI is InChI=1S/C25H23ClN4OS/c26-20-11-12-21-22(17-20)32-25(27-21)30-15-13-29(14-16-30)24(31)28-23(18-7-3-1-4-8-18)19-9-5-2-6-10-19/h1-12,17,23H,13-16H2,(H,28,31). The molecule has 1 N–H and O–H groups in total. The highest BCUT2D eigenvalue weighted by molar-refractivity contribution is 7.22. The van der Waals surface area contributed by atoms with Gasteiger partial charge < -0.3 is 15.1 Å². The van der Waals surface area contributed by atoms with E-state index < -0.39 is 0 Å². The van der Waals surface area contributed by atoms with Crippen molar-refractivity contribution in [1.82, 2.24) is 15.2 Å². The zero-order valence-corrected chi connectivity index (χ0v) is 19.0. The van der Waals surface area contributed by atoms with Crippen LogP contribution in [0, 0.1) is 0 Å². The topological polar surface area (TPSA) is 48.5 Å². The molecule has 7 heteroatoms. The molecule has 0 unspecified atom stereocenters. The number of hydrogen-bond donors (Lipinski definition) is 1. The van der Waals surface area contributed by atoms with E-state index in [0.29, 0.717) is 13.1 Å². The summed E-state index contributed by atoms with van der Waals surface area (Å²) in [6, 6.07) is 25.7. The average molecular weight is 463 g/mol. The minimum atomic E-state index is -0.183. The van der Waals surface area contributed by atoms with Gasteiger partial charge in [-0.3, -0.25) is 0 Å². The van der Waals surface area contributed by atoms with Crippen molar-refractivity contribution in [3.63, 3.8) is 0 Å². The number of anilines is 1. The lowest BCUT2D eigenvalue weighted by Gasteiger charge is -2.35. The summed E-state index contributed by atoms with van der Waals surface area (Å²) in [5.74, 6) is 0. The van der Waals surface area contributed by atoms with Gasteiger partial charge in [-0.25, -0.2) is 9.78 Å². The highest BCUT2D eigenvalue weighted by atomic mass is 35.5. The number of amides is 2. The van der Waals surface area contributed by atoms with Crippen LogP contribution in [0.5, 0.6) is 0 Å². The van der Waals surface area contributed by atoms with Crippen LogP contribution in [-0.2, 0) is 0 Å². The van der Waals surface area contributed by atoms with Crippen molar-refractivity contribution >= 4 is 44.3 Å². The predicted molar refractivity (Wildman–Crippen MR) is 132 cm³/mol. The van der Waals surface area contributed by atoms with Crippen molar-refractivity contribution in [3.8, 4) is 0 Å². The molecule has 5 nitrogen and oxygen atoms in total. The molecule has 0 spiro atoms. The van der Waals surface area contributed by atoms with Crippen molar-refractivity contribution in [1.29, 1.82) is 0 Å². The lowest BCUT2D eigenvalue weighted by molar-refractivity contribution is 0.192.